The van der Waals surface area contributed by atoms with E-state index in [2.05, 4.69) is 15.5 Å². The van der Waals surface area contributed by atoms with Crippen LogP contribution in [0.1, 0.15) is 49.7 Å². The van der Waals surface area contributed by atoms with Gasteiger partial charge in [-0.2, -0.15) is 0 Å². The van der Waals surface area contributed by atoms with Crippen LogP contribution in [0.15, 0.2) is 54.6 Å². The molecule has 1 saturated heterocycles. The SMILES string of the molecule is CNC1CC[C@@H](NC(=O)OCc2ccccc2)[C@@H](C(Cc2ccc(F)cc2)N2CCCCC2)C1. The molecule has 2 aliphatic rings. The second-order valence-electron chi connectivity index (χ2n) is 9.77. The number of halogens is 1. The first kappa shape index (κ1) is 24.7. The van der Waals surface area contributed by atoms with E-state index in [-0.39, 0.29) is 24.6 Å². The lowest BCUT2D eigenvalue weighted by Crippen LogP contribution is -2.56. The first-order valence-electron chi connectivity index (χ1n) is 12.8. The average Bonchev–Trinajstić information content (AvgIpc) is 2.88. The predicted molar refractivity (Wildman–Crippen MR) is 133 cm³/mol. The Morgan fingerprint density at radius 3 is 2.47 bits per heavy atom. The molecule has 5 nitrogen and oxygen atoms in total. The lowest BCUT2D eigenvalue weighted by molar-refractivity contribution is 0.0634. The van der Waals surface area contributed by atoms with Crippen molar-refractivity contribution < 1.29 is 13.9 Å². The summed E-state index contributed by atoms with van der Waals surface area (Å²) < 4.78 is 19.1. The molecule has 184 valence electrons. The maximum absolute atomic E-state index is 13.6. The van der Waals surface area contributed by atoms with E-state index in [0.29, 0.717) is 18.0 Å². The van der Waals surface area contributed by atoms with Gasteiger partial charge < -0.3 is 15.4 Å². The molecule has 4 rings (SSSR count). The molecule has 34 heavy (non-hydrogen) atoms. The Balaban J connectivity index is 1.49. The Bertz CT molecular complexity index is 886. The number of rotatable bonds is 8. The van der Waals surface area contributed by atoms with Crippen LogP contribution < -0.4 is 10.6 Å². The number of nitrogens with one attached hydrogen (secondary N) is 2. The summed E-state index contributed by atoms with van der Waals surface area (Å²) in [6.45, 7) is 2.43. The first-order valence-corrected chi connectivity index (χ1v) is 12.8. The van der Waals surface area contributed by atoms with E-state index >= 15 is 0 Å². The van der Waals surface area contributed by atoms with Crippen LogP contribution in [0, 0.1) is 11.7 Å². The Morgan fingerprint density at radius 1 is 1.03 bits per heavy atom. The van der Waals surface area contributed by atoms with Crippen molar-refractivity contribution in [3.05, 3.63) is 71.5 Å². The smallest absolute Gasteiger partial charge is 0.407 e. The van der Waals surface area contributed by atoms with Gasteiger partial charge in [0, 0.05) is 18.1 Å². The molecule has 4 atom stereocenters. The Morgan fingerprint density at radius 2 is 1.76 bits per heavy atom. The molecule has 6 heteroatoms. The molecular weight excluding hydrogens is 429 g/mol. The summed E-state index contributed by atoms with van der Waals surface area (Å²) in [5, 5.41) is 6.69. The largest absolute Gasteiger partial charge is 0.445 e. The van der Waals surface area contributed by atoms with Gasteiger partial charge in [-0.3, -0.25) is 4.90 Å². The average molecular weight is 468 g/mol. The second-order valence-corrected chi connectivity index (χ2v) is 9.77. The highest BCUT2D eigenvalue weighted by Crippen LogP contribution is 2.33. The van der Waals surface area contributed by atoms with E-state index in [0.717, 1.165) is 49.9 Å². The van der Waals surface area contributed by atoms with Crippen LogP contribution in [0.2, 0.25) is 0 Å². The first-order chi connectivity index (χ1) is 16.6. The number of benzene rings is 2. The molecular formula is C28H38FN3O2. The number of nitrogens with zero attached hydrogens (tertiary/aromatic N) is 1. The van der Waals surface area contributed by atoms with Gasteiger partial charge in [-0.15, -0.1) is 0 Å². The van der Waals surface area contributed by atoms with Crippen molar-refractivity contribution in [2.45, 2.75) is 69.7 Å². The third-order valence-corrected chi connectivity index (χ3v) is 7.54. The molecule has 0 spiro atoms. The maximum atomic E-state index is 13.6. The Hall–Kier alpha value is -2.44. The number of hydrogen-bond acceptors (Lipinski definition) is 4. The van der Waals surface area contributed by atoms with Crippen LogP contribution in [0.4, 0.5) is 9.18 Å². The summed E-state index contributed by atoms with van der Waals surface area (Å²) in [4.78, 5) is 15.4. The molecule has 1 aliphatic heterocycles. The number of carbonyl (C=O) groups excluding carboxylic acids is 1. The zero-order chi connectivity index (χ0) is 23.8. The number of ether oxygens (including phenoxy) is 1. The highest BCUT2D eigenvalue weighted by molar-refractivity contribution is 5.67. The number of likely N-dealkylation sites (tertiary alicyclic amines) is 1. The minimum absolute atomic E-state index is 0.0558. The normalized spacial score (nSPS) is 24.4. The van der Waals surface area contributed by atoms with Crippen molar-refractivity contribution in [1.82, 2.24) is 15.5 Å². The van der Waals surface area contributed by atoms with E-state index in [1.54, 1.807) is 12.1 Å². The third kappa shape index (κ3) is 6.80. The molecule has 2 aromatic rings. The molecule has 0 bridgehead atoms. The molecule has 2 aromatic carbocycles. The standard InChI is InChI=1S/C28H38FN3O2/c1-30-24-14-15-26(31-28(33)34-20-22-8-4-2-5-9-22)25(19-24)27(32-16-6-3-7-17-32)18-21-10-12-23(29)13-11-21/h2,4-5,8-13,24-27,30H,3,6-7,14-20H2,1H3,(H,31,33)/t24?,25-,26+,27?/m0/s1. The van der Waals surface area contributed by atoms with Crippen LogP contribution in [-0.4, -0.2) is 49.3 Å². The molecule has 1 heterocycles. The Labute approximate surface area is 203 Å². The van der Waals surface area contributed by atoms with Gasteiger partial charge in [0.15, 0.2) is 0 Å². The van der Waals surface area contributed by atoms with Crippen molar-refractivity contribution in [1.29, 1.82) is 0 Å². The van der Waals surface area contributed by atoms with Crippen molar-refractivity contribution in [3.8, 4) is 0 Å². The Kier molecular flexibility index (Phi) is 8.94. The summed E-state index contributed by atoms with van der Waals surface area (Å²) in [5.74, 6) is 0.0884. The zero-order valence-electron chi connectivity index (χ0n) is 20.2. The molecule has 2 N–H and O–H groups in total. The summed E-state index contributed by atoms with van der Waals surface area (Å²) in [5.41, 5.74) is 2.13. The molecule has 1 saturated carbocycles. The zero-order valence-corrected chi connectivity index (χ0v) is 20.2. The van der Waals surface area contributed by atoms with Gasteiger partial charge in [-0.25, -0.2) is 9.18 Å². The monoisotopic (exact) mass is 467 g/mol. The minimum atomic E-state index is -0.346. The predicted octanol–water partition coefficient (Wildman–Crippen LogP) is 4.91. The van der Waals surface area contributed by atoms with Crippen LogP contribution in [-0.2, 0) is 17.8 Å². The summed E-state index contributed by atoms with van der Waals surface area (Å²) in [7, 11) is 2.03. The van der Waals surface area contributed by atoms with Gasteiger partial charge in [-0.05, 0) is 87.8 Å². The van der Waals surface area contributed by atoms with Crippen molar-refractivity contribution in [2.24, 2.45) is 5.92 Å². The number of alkyl carbamates (subject to hydrolysis) is 1. The van der Waals surface area contributed by atoms with Crippen molar-refractivity contribution in [2.75, 3.05) is 20.1 Å². The van der Waals surface area contributed by atoms with Gasteiger partial charge in [0.25, 0.3) is 0 Å². The van der Waals surface area contributed by atoms with Crippen molar-refractivity contribution in [3.63, 3.8) is 0 Å². The molecule has 0 aromatic heterocycles. The van der Waals surface area contributed by atoms with Gasteiger partial charge in [0.05, 0.1) is 0 Å². The third-order valence-electron chi connectivity index (χ3n) is 7.54. The fourth-order valence-electron chi connectivity index (χ4n) is 5.65. The lowest BCUT2D eigenvalue weighted by Gasteiger charge is -2.46. The molecule has 2 fully saturated rings. The maximum Gasteiger partial charge on any atom is 0.407 e. The van der Waals surface area contributed by atoms with E-state index in [1.165, 1.54) is 19.3 Å². The summed E-state index contributed by atoms with van der Waals surface area (Å²) >= 11 is 0. The topological polar surface area (TPSA) is 53.6 Å². The van der Waals surface area contributed by atoms with E-state index < -0.39 is 0 Å². The van der Waals surface area contributed by atoms with Gasteiger partial charge in [0.1, 0.15) is 12.4 Å². The summed E-state index contributed by atoms with van der Waals surface area (Å²) in [6, 6.07) is 17.5. The lowest BCUT2D eigenvalue weighted by atomic mass is 9.75. The van der Waals surface area contributed by atoms with Gasteiger partial charge in [-0.1, -0.05) is 48.9 Å². The van der Waals surface area contributed by atoms with Gasteiger partial charge in [0.2, 0.25) is 0 Å². The highest BCUT2D eigenvalue weighted by atomic mass is 19.1. The fourth-order valence-corrected chi connectivity index (χ4v) is 5.65. The van der Waals surface area contributed by atoms with E-state index in [4.69, 9.17) is 4.74 Å². The van der Waals surface area contributed by atoms with Gasteiger partial charge >= 0.3 is 6.09 Å². The van der Waals surface area contributed by atoms with Crippen molar-refractivity contribution >= 4 is 6.09 Å². The van der Waals surface area contributed by atoms with Crippen LogP contribution in [0.25, 0.3) is 0 Å². The quantitative estimate of drug-likeness (QED) is 0.580. The number of amides is 1. The highest BCUT2D eigenvalue weighted by Gasteiger charge is 2.39. The van der Waals surface area contributed by atoms with E-state index in [1.807, 2.05) is 49.5 Å². The number of piperidine rings is 1. The molecule has 1 amide bonds. The number of hydrogen-bond donors (Lipinski definition) is 2. The molecule has 0 radical (unpaired) electrons. The number of carbonyl (C=O) groups is 1. The summed E-state index contributed by atoms with van der Waals surface area (Å²) in [6.07, 6.45) is 7.15. The molecule has 1 aliphatic carbocycles. The van der Waals surface area contributed by atoms with Crippen LogP contribution >= 0.6 is 0 Å². The van der Waals surface area contributed by atoms with Crippen LogP contribution in [0.3, 0.4) is 0 Å². The minimum Gasteiger partial charge on any atom is -0.445 e. The van der Waals surface area contributed by atoms with E-state index in [9.17, 15) is 9.18 Å². The molecule has 2 unspecified atom stereocenters. The fraction of sp³-hybridized carbons (Fsp3) is 0.536. The second kappa shape index (κ2) is 12.3. The van der Waals surface area contributed by atoms with Crippen LogP contribution in [0.5, 0.6) is 0 Å².